The molecule has 3 aromatic rings. The molecule has 1 aromatic heterocycles. The number of aryl methyl sites for hydroxylation is 1. The number of para-hydroxylation sites is 1. The Morgan fingerprint density at radius 2 is 2.04 bits per heavy atom. The van der Waals surface area contributed by atoms with Crippen LogP contribution in [-0.4, -0.2) is 34.6 Å². The first kappa shape index (κ1) is 17.3. The molecule has 2 aromatic carbocycles. The summed E-state index contributed by atoms with van der Waals surface area (Å²) in [6.07, 6.45) is 2.20. The van der Waals surface area contributed by atoms with Gasteiger partial charge in [0, 0.05) is 6.04 Å². The Balaban J connectivity index is 1.44. The number of rotatable bonds is 3. The zero-order valence-electron chi connectivity index (χ0n) is 15.9. The molecule has 144 valence electrons. The van der Waals surface area contributed by atoms with E-state index >= 15 is 0 Å². The van der Waals surface area contributed by atoms with E-state index in [1.54, 1.807) is 0 Å². The fourth-order valence-electron chi connectivity index (χ4n) is 4.28. The minimum atomic E-state index is -0.0706. The van der Waals surface area contributed by atoms with Gasteiger partial charge in [0.25, 0.3) is 5.56 Å². The van der Waals surface area contributed by atoms with Gasteiger partial charge in [0.2, 0.25) is 0 Å². The van der Waals surface area contributed by atoms with E-state index in [2.05, 4.69) is 22.0 Å². The van der Waals surface area contributed by atoms with Crippen molar-refractivity contribution >= 4 is 10.9 Å². The van der Waals surface area contributed by atoms with Gasteiger partial charge in [-0.2, -0.15) is 0 Å². The molecule has 2 aliphatic heterocycles. The Morgan fingerprint density at radius 1 is 1.18 bits per heavy atom. The molecule has 0 radical (unpaired) electrons. The average Bonchev–Trinajstić information content (AvgIpc) is 3.16. The topological polar surface area (TPSA) is 67.5 Å². The van der Waals surface area contributed by atoms with Crippen LogP contribution in [0.15, 0.2) is 41.2 Å². The van der Waals surface area contributed by atoms with Gasteiger partial charge >= 0.3 is 0 Å². The molecule has 0 amide bonds. The Kier molecular flexibility index (Phi) is 4.28. The molecule has 1 fully saturated rings. The van der Waals surface area contributed by atoms with Gasteiger partial charge in [-0.1, -0.05) is 18.2 Å². The molecule has 2 aliphatic rings. The van der Waals surface area contributed by atoms with E-state index in [1.165, 1.54) is 5.56 Å². The lowest BCUT2D eigenvalue weighted by atomic mass is 10.0. The van der Waals surface area contributed by atoms with Crippen molar-refractivity contribution in [2.24, 2.45) is 0 Å². The molecule has 28 heavy (non-hydrogen) atoms. The van der Waals surface area contributed by atoms with Crippen LogP contribution in [-0.2, 0) is 6.54 Å². The Morgan fingerprint density at radius 3 is 2.93 bits per heavy atom. The molecule has 5 rings (SSSR count). The monoisotopic (exact) mass is 377 g/mol. The maximum atomic E-state index is 12.5. The van der Waals surface area contributed by atoms with Crippen molar-refractivity contribution in [1.29, 1.82) is 0 Å². The summed E-state index contributed by atoms with van der Waals surface area (Å²) in [6.45, 7) is 4.79. The molecule has 1 saturated heterocycles. The summed E-state index contributed by atoms with van der Waals surface area (Å²) < 4.78 is 11.4. The lowest BCUT2D eigenvalue weighted by molar-refractivity contribution is 0.170. The van der Waals surface area contributed by atoms with Crippen molar-refractivity contribution < 1.29 is 9.47 Å². The third-order valence-electron chi connectivity index (χ3n) is 5.65. The molecule has 0 saturated carbocycles. The third-order valence-corrected chi connectivity index (χ3v) is 5.65. The minimum absolute atomic E-state index is 0.0706. The molecular weight excluding hydrogens is 354 g/mol. The Labute approximate surface area is 163 Å². The highest BCUT2D eigenvalue weighted by Gasteiger charge is 2.28. The van der Waals surface area contributed by atoms with E-state index in [0.29, 0.717) is 25.1 Å². The second-order valence-electron chi connectivity index (χ2n) is 7.52. The summed E-state index contributed by atoms with van der Waals surface area (Å²) in [7, 11) is 0. The number of likely N-dealkylation sites (tertiary alicyclic amines) is 1. The Bertz CT molecular complexity index is 1090. The number of fused-ring (bicyclic) bond motifs is 2. The number of hydrogen-bond acceptors (Lipinski definition) is 5. The van der Waals surface area contributed by atoms with Crippen LogP contribution in [0.2, 0.25) is 0 Å². The first-order valence-corrected chi connectivity index (χ1v) is 9.81. The normalized spacial score (nSPS) is 19.2. The van der Waals surface area contributed by atoms with Gasteiger partial charge in [-0.3, -0.25) is 9.69 Å². The van der Waals surface area contributed by atoms with Crippen LogP contribution in [0.5, 0.6) is 11.5 Å². The predicted octanol–water partition coefficient (Wildman–Crippen LogP) is 3.34. The average molecular weight is 377 g/mol. The lowest BCUT2D eigenvalue weighted by Gasteiger charge is -2.26. The van der Waals surface area contributed by atoms with Gasteiger partial charge in [0.15, 0.2) is 11.5 Å². The number of H-pyrrole nitrogens is 1. The van der Waals surface area contributed by atoms with Crippen molar-refractivity contribution in [3.05, 3.63) is 63.7 Å². The lowest BCUT2D eigenvalue weighted by Crippen LogP contribution is -2.26. The van der Waals surface area contributed by atoms with E-state index in [4.69, 9.17) is 14.5 Å². The summed E-state index contributed by atoms with van der Waals surface area (Å²) in [4.78, 5) is 22.6. The molecule has 0 spiro atoms. The fourth-order valence-corrected chi connectivity index (χ4v) is 4.28. The quantitative estimate of drug-likeness (QED) is 0.758. The smallest absolute Gasteiger partial charge is 0.258 e. The van der Waals surface area contributed by atoms with Crippen molar-refractivity contribution in [3.63, 3.8) is 0 Å². The van der Waals surface area contributed by atoms with Crippen LogP contribution >= 0.6 is 0 Å². The molecule has 0 unspecified atom stereocenters. The first-order valence-electron chi connectivity index (χ1n) is 9.81. The number of hydrogen-bond donors (Lipinski definition) is 1. The maximum Gasteiger partial charge on any atom is 0.258 e. The summed E-state index contributed by atoms with van der Waals surface area (Å²) in [5.74, 6) is 2.36. The molecule has 6 nitrogen and oxygen atoms in total. The summed E-state index contributed by atoms with van der Waals surface area (Å²) in [5.41, 5.74) is 2.96. The van der Waals surface area contributed by atoms with Gasteiger partial charge < -0.3 is 14.5 Å². The number of nitrogens with one attached hydrogen (secondary N) is 1. The van der Waals surface area contributed by atoms with E-state index in [-0.39, 0.29) is 11.6 Å². The highest BCUT2D eigenvalue weighted by molar-refractivity contribution is 5.80. The number of aromatic amines is 1. The number of benzene rings is 2. The second-order valence-corrected chi connectivity index (χ2v) is 7.52. The summed E-state index contributed by atoms with van der Waals surface area (Å²) >= 11 is 0. The number of ether oxygens (including phenoxy) is 2. The van der Waals surface area contributed by atoms with Crippen molar-refractivity contribution in [2.45, 2.75) is 32.4 Å². The van der Waals surface area contributed by atoms with E-state index in [9.17, 15) is 4.79 Å². The molecule has 1 N–H and O–H groups in total. The van der Waals surface area contributed by atoms with Crippen molar-refractivity contribution in [3.8, 4) is 11.5 Å². The second kappa shape index (κ2) is 6.95. The Hall–Kier alpha value is -2.86. The SMILES string of the molecule is Cc1cccc2c(=O)[nH]c(CN3CCC[C@@H]3c3ccc4c(c3)OCCO4)nc12. The summed E-state index contributed by atoms with van der Waals surface area (Å²) in [6, 6.07) is 12.2. The first-order chi connectivity index (χ1) is 13.7. The van der Waals surface area contributed by atoms with Gasteiger partial charge in [0.1, 0.15) is 19.0 Å². The van der Waals surface area contributed by atoms with Crippen molar-refractivity contribution in [2.75, 3.05) is 19.8 Å². The highest BCUT2D eigenvalue weighted by Crippen LogP contribution is 2.38. The van der Waals surface area contributed by atoms with Crippen molar-refractivity contribution in [1.82, 2.24) is 14.9 Å². The minimum Gasteiger partial charge on any atom is -0.486 e. The maximum absolute atomic E-state index is 12.5. The fraction of sp³-hybridized carbons (Fsp3) is 0.364. The molecule has 6 heteroatoms. The predicted molar refractivity (Wildman–Crippen MR) is 107 cm³/mol. The van der Waals surface area contributed by atoms with Crippen LogP contribution in [0, 0.1) is 6.92 Å². The number of aromatic nitrogens is 2. The van der Waals surface area contributed by atoms with E-state index in [1.807, 2.05) is 31.2 Å². The van der Waals surface area contributed by atoms with Gasteiger partial charge in [-0.25, -0.2) is 4.98 Å². The van der Waals surface area contributed by atoms with Crippen LogP contribution in [0.1, 0.15) is 35.8 Å². The van der Waals surface area contributed by atoms with Crippen LogP contribution < -0.4 is 15.0 Å². The van der Waals surface area contributed by atoms with Crippen LogP contribution in [0.4, 0.5) is 0 Å². The number of nitrogens with zero attached hydrogens (tertiary/aromatic N) is 2. The molecule has 3 heterocycles. The van der Waals surface area contributed by atoms with Gasteiger partial charge in [-0.05, 0) is 55.6 Å². The zero-order chi connectivity index (χ0) is 19.1. The standard InChI is InChI=1S/C22H23N3O3/c1-14-4-2-5-16-21(14)23-20(24-22(16)26)13-25-9-3-6-17(25)15-7-8-18-19(12-15)28-11-10-27-18/h2,4-5,7-8,12,17H,3,6,9-11,13H2,1H3,(H,23,24,26)/t17-/m1/s1. The van der Waals surface area contributed by atoms with E-state index in [0.717, 1.165) is 47.8 Å². The highest BCUT2D eigenvalue weighted by atomic mass is 16.6. The largest absolute Gasteiger partial charge is 0.486 e. The molecule has 0 aliphatic carbocycles. The third kappa shape index (κ3) is 3.03. The zero-order valence-corrected chi connectivity index (χ0v) is 15.9. The summed E-state index contributed by atoms with van der Waals surface area (Å²) in [5, 5.41) is 0.647. The molecule has 0 bridgehead atoms. The van der Waals surface area contributed by atoms with Crippen LogP contribution in [0.3, 0.4) is 0 Å². The molecule has 1 atom stereocenters. The van der Waals surface area contributed by atoms with Gasteiger partial charge in [-0.15, -0.1) is 0 Å². The van der Waals surface area contributed by atoms with Gasteiger partial charge in [0.05, 0.1) is 17.4 Å². The van der Waals surface area contributed by atoms with Crippen LogP contribution in [0.25, 0.3) is 10.9 Å². The van der Waals surface area contributed by atoms with E-state index < -0.39 is 0 Å². The molecular formula is C22H23N3O3.